The van der Waals surface area contributed by atoms with Crippen molar-refractivity contribution in [3.63, 3.8) is 0 Å². The number of nitrogens with two attached hydrogens (primary N) is 1. The third kappa shape index (κ3) is 3.08. The number of aromatic nitrogens is 2. The number of amides is 1. The molecule has 0 spiro atoms. The minimum atomic E-state index is -0.565. The van der Waals surface area contributed by atoms with Crippen molar-refractivity contribution in [3.8, 4) is 0 Å². The maximum atomic E-state index is 13.6. The number of hydrogen-bond acceptors (Lipinski definition) is 3. The van der Waals surface area contributed by atoms with Crippen molar-refractivity contribution in [1.29, 1.82) is 0 Å². The molecule has 0 aliphatic carbocycles. The van der Waals surface area contributed by atoms with Crippen LogP contribution in [0.1, 0.15) is 15.9 Å². The molecular formula is C13H14ClFN4O. The highest BCUT2D eigenvalue weighted by molar-refractivity contribution is 6.31. The molecule has 1 aromatic carbocycles. The van der Waals surface area contributed by atoms with Gasteiger partial charge in [-0.05, 0) is 18.6 Å². The summed E-state index contributed by atoms with van der Waals surface area (Å²) in [6.45, 7) is 0.387. The van der Waals surface area contributed by atoms with Crippen molar-refractivity contribution >= 4 is 23.3 Å². The molecule has 1 heterocycles. The van der Waals surface area contributed by atoms with Gasteiger partial charge in [0, 0.05) is 30.4 Å². The molecule has 1 aromatic heterocycles. The number of aryl methyl sites for hydroxylation is 1. The number of halogens is 2. The topological polar surface area (TPSA) is 72.9 Å². The number of rotatable bonds is 5. The molecule has 0 saturated carbocycles. The molecule has 5 nitrogen and oxygen atoms in total. The van der Waals surface area contributed by atoms with Gasteiger partial charge in [0.2, 0.25) is 0 Å². The van der Waals surface area contributed by atoms with E-state index < -0.39 is 5.91 Å². The quantitative estimate of drug-likeness (QED) is 0.886. The van der Waals surface area contributed by atoms with Gasteiger partial charge in [-0.15, -0.1) is 0 Å². The summed E-state index contributed by atoms with van der Waals surface area (Å²) in [6, 6.07) is 4.55. The molecule has 20 heavy (non-hydrogen) atoms. The molecule has 106 valence electrons. The van der Waals surface area contributed by atoms with Gasteiger partial charge in [0.15, 0.2) is 5.82 Å². The number of carbonyl (C=O) groups is 1. The zero-order valence-corrected chi connectivity index (χ0v) is 11.6. The van der Waals surface area contributed by atoms with Crippen LogP contribution in [-0.4, -0.2) is 22.2 Å². The summed E-state index contributed by atoms with van der Waals surface area (Å²) in [6.07, 6.45) is 1.90. The average Bonchev–Trinajstić information content (AvgIpc) is 2.74. The summed E-state index contributed by atoms with van der Waals surface area (Å²) in [4.78, 5) is 11.2. The van der Waals surface area contributed by atoms with Crippen LogP contribution >= 0.6 is 11.6 Å². The van der Waals surface area contributed by atoms with Gasteiger partial charge in [-0.3, -0.25) is 9.48 Å². The molecule has 0 aliphatic heterocycles. The van der Waals surface area contributed by atoms with Gasteiger partial charge in [0.1, 0.15) is 11.4 Å². The number of anilines is 1. The lowest BCUT2D eigenvalue weighted by atomic mass is 10.1. The van der Waals surface area contributed by atoms with E-state index in [4.69, 9.17) is 17.3 Å². The fourth-order valence-corrected chi connectivity index (χ4v) is 2.13. The first-order valence-corrected chi connectivity index (χ1v) is 6.37. The minimum Gasteiger partial charge on any atom is -0.368 e. The summed E-state index contributed by atoms with van der Waals surface area (Å²) in [5, 5.41) is 7.42. The number of nitrogens with one attached hydrogen (secondary N) is 1. The first kappa shape index (κ1) is 14.3. The second kappa shape index (κ2) is 5.92. The van der Waals surface area contributed by atoms with Crippen molar-refractivity contribution in [1.82, 2.24) is 9.78 Å². The number of carbonyl (C=O) groups excluding carboxylic acids is 1. The molecule has 0 atom stereocenters. The summed E-state index contributed by atoms with van der Waals surface area (Å²) in [5.74, 6) is -0.535. The van der Waals surface area contributed by atoms with Crippen molar-refractivity contribution < 1.29 is 9.18 Å². The third-order valence-electron chi connectivity index (χ3n) is 2.82. The third-order valence-corrected chi connectivity index (χ3v) is 3.18. The van der Waals surface area contributed by atoms with Gasteiger partial charge >= 0.3 is 0 Å². The van der Waals surface area contributed by atoms with Gasteiger partial charge in [0.05, 0.1) is 0 Å². The molecule has 0 aliphatic rings. The SMILES string of the molecule is Cn1cc(C(N)=O)c(NCCc2c(F)cccc2Cl)n1. The fraction of sp³-hybridized carbons (Fsp3) is 0.231. The molecular weight excluding hydrogens is 283 g/mol. The second-order valence-electron chi connectivity index (χ2n) is 4.31. The van der Waals surface area contributed by atoms with Gasteiger partial charge in [-0.1, -0.05) is 17.7 Å². The monoisotopic (exact) mass is 296 g/mol. The minimum absolute atomic E-state index is 0.298. The number of nitrogens with zero attached hydrogens (tertiary/aromatic N) is 2. The van der Waals surface area contributed by atoms with E-state index in [2.05, 4.69) is 10.4 Å². The number of hydrogen-bond donors (Lipinski definition) is 2. The summed E-state index contributed by atoms with van der Waals surface area (Å²) >= 11 is 5.94. The average molecular weight is 297 g/mol. The van der Waals surface area contributed by atoms with Gasteiger partial charge in [-0.25, -0.2) is 4.39 Å². The van der Waals surface area contributed by atoms with E-state index in [1.54, 1.807) is 19.2 Å². The zero-order chi connectivity index (χ0) is 14.7. The largest absolute Gasteiger partial charge is 0.368 e. The number of benzene rings is 1. The van der Waals surface area contributed by atoms with E-state index >= 15 is 0 Å². The lowest BCUT2D eigenvalue weighted by molar-refractivity contribution is 0.100. The highest BCUT2D eigenvalue weighted by Crippen LogP contribution is 2.20. The first-order chi connectivity index (χ1) is 9.49. The van der Waals surface area contributed by atoms with E-state index in [0.717, 1.165) is 0 Å². The molecule has 0 fully saturated rings. The predicted molar refractivity (Wildman–Crippen MR) is 75.3 cm³/mol. The van der Waals surface area contributed by atoms with E-state index in [9.17, 15) is 9.18 Å². The summed E-state index contributed by atoms with van der Waals surface area (Å²) < 4.78 is 15.1. The van der Waals surface area contributed by atoms with Crippen LogP contribution in [0.25, 0.3) is 0 Å². The van der Waals surface area contributed by atoms with E-state index in [1.165, 1.54) is 16.9 Å². The Bertz CT molecular complexity index is 621. The van der Waals surface area contributed by atoms with Crippen LogP contribution in [-0.2, 0) is 13.5 Å². The summed E-state index contributed by atoms with van der Waals surface area (Å²) in [7, 11) is 1.69. The van der Waals surface area contributed by atoms with Crippen molar-refractivity contribution in [2.45, 2.75) is 6.42 Å². The van der Waals surface area contributed by atoms with Crippen molar-refractivity contribution in [3.05, 3.63) is 46.4 Å². The molecule has 0 radical (unpaired) electrons. The van der Waals surface area contributed by atoms with Crippen LogP contribution < -0.4 is 11.1 Å². The second-order valence-corrected chi connectivity index (χ2v) is 4.71. The number of primary amides is 1. The fourth-order valence-electron chi connectivity index (χ4n) is 1.88. The summed E-state index contributed by atoms with van der Waals surface area (Å²) in [5.41, 5.74) is 5.97. The van der Waals surface area contributed by atoms with Crippen molar-refractivity contribution in [2.75, 3.05) is 11.9 Å². The van der Waals surface area contributed by atoms with Crippen LogP contribution in [0.5, 0.6) is 0 Å². The molecule has 0 unspecified atom stereocenters. The normalized spacial score (nSPS) is 10.6. The lowest BCUT2D eigenvalue weighted by Gasteiger charge is -2.07. The van der Waals surface area contributed by atoms with E-state index in [1.807, 2.05) is 0 Å². The van der Waals surface area contributed by atoms with Crippen molar-refractivity contribution in [2.24, 2.45) is 12.8 Å². The molecule has 2 rings (SSSR count). The van der Waals surface area contributed by atoms with Gasteiger partial charge < -0.3 is 11.1 Å². The van der Waals surface area contributed by atoms with Crippen LogP contribution in [0.4, 0.5) is 10.2 Å². The Morgan fingerprint density at radius 1 is 1.55 bits per heavy atom. The predicted octanol–water partition coefficient (Wildman–Crippen LogP) is 1.97. The van der Waals surface area contributed by atoms with Crippen LogP contribution in [0, 0.1) is 5.82 Å². The standard InChI is InChI=1S/C13H14ClFN4O/c1-19-7-9(12(16)20)13(18-19)17-6-5-8-10(14)3-2-4-11(8)15/h2-4,7H,5-6H2,1H3,(H2,16,20)(H,17,18). The van der Waals surface area contributed by atoms with Crippen LogP contribution in [0.2, 0.25) is 5.02 Å². The molecule has 0 saturated heterocycles. The maximum Gasteiger partial charge on any atom is 0.254 e. The Balaban J connectivity index is 2.05. The van der Waals surface area contributed by atoms with Crippen LogP contribution in [0.3, 0.4) is 0 Å². The first-order valence-electron chi connectivity index (χ1n) is 5.99. The Labute approximate surface area is 120 Å². The van der Waals surface area contributed by atoms with E-state index in [-0.39, 0.29) is 5.82 Å². The smallest absolute Gasteiger partial charge is 0.254 e. The lowest BCUT2D eigenvalue weighted by Crippen LogP contribution is -2.14. The van der Waals surface area contributed by atoms with E-state index in [0.29, 0.717) is 34.9 Å². The Morgan fingerprint density at radius 2 is 2.30 bits per heavy atom. The molecule has 3 N–H and O–H groups in total. The van der Waals surface area contributed by atoms with Crippen LogP contribution in [0.15, 0.2) is 24.4 Å². The van der Waals surface area contributed by atoms with Gasteiger partial charge in [0.25, 0.3) is 5.91 Å². The Morgan fingerprint density at radius 3 is 2.95 bits per heavy atom. The molecule has 1 amide bonds. The molecule has 7 heteroatoms. The molecule has 2 aromatic rings. The highest BCUT2D eigenvalue weighted by Gasteiger charge is 2.13. The zero-order valence-electron chi connectivity index (χ0n) is 10.9. The Hall–Kier alpha value is -2.08. The Kier molecular flexibility index (Phi) is 4.24. The van der Waals surface area contributed by atoms with Gasteiger partial charge in [-0.2, -0.15) is 5.10 Å². The highest BCUT2D eigenvalue weighted by atomic mass is 35.5. The maximum absolute atomic E-state index is 13.6. The molecule has 0 bridgehead atoms.